The first-order valence-electron chi connectivity index (χ1n) is 8.77. The van der Waals surface area contributed by atoms with Gasteiger partial charge in [0.05, 0.1) is 10.9 Å². The van der Waals surface area contributed by atoms with Crippen molar-refractivity contribution in [1.82, 2.24) is 20.4 Å². The average molecular weight is 344 g/mol. The molecule has 0 bridgehead atoms. The molecule has 0 radical (unpaired) electrons. The fourth-order valence-electron chi connectivity index (χ4n) is 3.99. The number of hydrogen-bond acceptors (Lipinski definition) is 4. The van der Waals surface area contributed by atoms with Crippen molar-refractivity contribution in [3.05, 3.63) is 29.2 Å². The number of nitrogens with one attached hydrogen (secondary N) is 2. The van der Waals surface area contributed by atoms with Crippen LogP contribution in [0.5, 0.6) is 0 Å². The van der Waals surface area contributed by atoms with Crippen LogP contribution in [0.2, 0.25) is 0 Å². The highest BCUT2D eigenvalue weighted by Gasteiger charge is 2.31. The lowest BCUT2D eigenvalue weighted by atomic mass is 9.87. The highest BCUT2D eigenvalue weighted by molar-refractivity contribution is 6.00. The number of nitrogens with zero attached hydrogens (tertiary/aromatic N) is 2. The Labute approximate surface area is 144 Å². The Bertz CT molecular complexity index is 854. The number of rotatable bonds is 2. The zero-order valence-corrected chi connectivity index (χ0v) is 14.1. The molecule has 1 unspecified atom stereocenters. The standard InChI is InChI=1S/C18H21FN4O2/c1-10-8-15-13(9-12(10)11-4-6-20-7-5-11)17(19)22-23(15)14-2-3-16(24)21-18(14)25/h8-9,11,14,20H,2-7H2,1H3,(H,21,24,25). The number of hydrogen-bond donors (Lipinski definition) is 2. The maximum absolute atomic E-state index is 14.5. The average Bonchev–Trinajstić information content (AvgIpc) is 2.91. The molecule has 2 fully saturated rings. The van der Waals surface area contributed by atoms with Crippen molar-refractivity contribution in [3.8, 4) is 0 Å². The second-order valence-electron chi connectivity index (χ2n) is 6.95. The lowest BCUT2D eigenvalue weighted by Crippen LogP contribution is -2.42. The van der Waals surface area contributed by atoms with Gasteiger partial charge in [-0.1, -0.05) is 0 Å². The predicted octanol–water partition coefficient (Wildman–Crippen LogP) is 1.93. The first kappa shape index (κ1) is 16.2. The fourth-order valence-corrected chi connectivity index (χ4v) is 3.99. The maximum atomic E-state index is 14.5. The van der Waals surface area contributed by atoms with E-state index in [1.807, 2.05) is 19.1 Å². The summed E-state index contributed by atoms with van der Waals surface area (Å²) in [5, 5.41) is 10.1. The van der Waals surface area contributed by atoms with Crippen molar-refractivity contribution in [1.29, 1.82) is 0 Å². The molecule has 2 amide bonds. The molecular weight excluding hydrogens is 323 g/mol. The van der Waals surface area contributed by atoms with E-state index in [0.29, 0.717) is 23.2 Å². The van der Waals surface area contributed by atoms with Crippen LogP contribution in [0, 0.1) is 12.9 Å². The zero-order chi connectivity index (χ0) is 17.6. The van der Waals surface area contributed by atoms with Crippen LogP contribution in [0.25, 0.3) is 10.9 Å². The smallest absolute Gasteiger partial charge is 0.251 e. The lowest BCUT2D eigenvalue weighted by molar-refractivity contribution is -0.135. The van der Waals surface area contributed by atoms with Crippen LogP contribution in [-0.4, -0.2) is 34.7 Å². The Kier molecular flexibility index (Phi) is 4.03. The Hall–Kier alpha value is -2.28. The van der Waals surface area contributed by atoms with E-state index in [1.54, 1.807) is 0 Å². The third-order valence-electron chi connectivity index (χ3n) is 5.33. The number of aromatic nitrogens is 2. The molecule has 25 heavy (non-hydrogen) atoms. The molecule has 0 aliphatic carbocycles. The lowest BCUT2D eigenvalue weighted by Gasteiger charge is -2.25. The molecule has 1 aromatic heterocycles. The molecule has 3 heterocycles. The number of fused-ring (bicyclic) bond motifs is 1. The summed E-state index contributed by atoms with van der Waals surface area (Å²) in [6.07, 6.45) is 2.66. The number of amides is 2. The SMILES string of the molecule is Cc1cc2c(cc1C1CCNCC1)c(F)nn2C1CCC(=O)NC1=O. The van der Waals surface area contributed by atoms with Crippen LogP contribution < -0.4 is 10.6 Å². The zero-order valence-electron chi connectivity index (χ0n) is 14.1. The van der Waals surface area contributed by atoms with E-state index in [1.165, 1.54) is 4.68 Å². The van der Waals surface area contributed by atoms with Gasteiger partial charge >= 0.3 is 0 Å². The van der Waals surface area contributed by atoms with E-state index in [2.05, 4.69) is 15.7 Å². The molecule has 2 aromatic rings. The van der Waals surface area contributed by atoms with E-state index >= 15 is 0 Å². The maximum Gasteiger partial charge on any atom is 0.251 e. The summed E-state index contributed by atoms with van der Waals surface area (Å²) in [6, 6.07) is 3.17. The van der Waals surface area contributed by atoms with Crippen LogP contribution in [0.3, 0.4) is 0 Å². The largest absolute Gasteiger partial charge is 0.317 e. The van der Waals surface area contributed by atoms with Crippen molar-refractivity contribution >= 4 is 22.7 Å². The molecule has 4 rings (SSSR count). The van der Waals surface area contributed by atoms with Gasteiger partial charge in [-0.15, -0.1) is 5.10 Å². The quantitative estimate of drug-likeness (QED) is 0.816. The van der Waals surface area contributed by atoms with Crippen LogP contribution >= 0.6 is 0 Å². The Morgan fingerprint density at radius 2 is 1.96 bits per heavy atom. The van der Waals surface area contributed by atoms with Crippen LogP contribution in [-0.2, 0) is 9.59 Å². The van der Waals surface area contributed by atoms with Gasteiger partial charge in [0.25, 0.3) is 5.91 Å². The normalized spacial score (nSPS) is 22.4. The van der Waals surface area contributed by atoms with Crippen LogP contribution in [0.15, 0.2) is 12.1 Å². The minimum Gasteiger partial charge on any atom is -0.317 e. The Balaban J connectivity index is 1.76. The molecule has 2 saturated heterocycles. The first-order valence-corrected chi connectivity index (χ1v) is 8.77. The molecule has 132 valence electrons. The summed E-state index contributed by atoms with van der Waals surface area (Å²) < 4.78 is 15.9. The van der Waals surface area contributed by atoms with Crippen molar-refractivity contribution in [3.63, 3.8) is 0 Å². The van der Waals surface area contributed by atoms with Gasteiger partial charge in [0, 0.05) is 6.42 Å². The summed E-state index contributed by atoms with van der Waals surface area (Å²) in [5.41, 5.74) is 2.87. The third-order valence-corrected chi connectivity index (χ3v) is 5.33. The number of carbonyl (C=O) groups is 2. The van der Waals surface area contributed by atoms with E-state index < -0.39 is 17.9 Å². The van der Waals surface area contributed by atoms with Gasteiger partial charge in [0.15, 0.2) is 0 Å². The first-order chi connectivity index (χ1) is 12.0. The number of aryl methyl sites for hydroxylation is 1. The fraction of sp³-hybridized carbons (Fsp3) is 0.500. The molecule has 1 aromatic carbocycles. The Morgan fingerprint density at radius 3 is 2.68 bits per heavy atom. The van der Waals surface area contributed by atoms with Crippen molar-refractivity contribution in [2.45, 2.75) is 44.6 Å². The number of imide groups is 1. The molecule has 7 heteroatoms. The van der Waals surface area contributed by atoms with E-state index in [0.717, 1.165) is 37.1 Å². The molecule has 2 N–H and O–H groups in total. The number of piperidine rings is 2. The van der Waals surface area contributed by atoms with E-state index in [4.69, 9.17) is 0 Å². The van der Waals surface area contributed by atoms with Gasteiger partial charge in [0.1, 0.15) is 6.04 Å². The van der Waals surface area contributed by atoms with Gasteiger partial charge in [-0.2, -0.15) is 4.39 Å². The van der Waals surface area contributed by atoms with Gasteiger partial charge in [-0.3, -0.25) is 14.9 Å². The Morgan fingerprint density at radius 1 is 1.20 bits per heavy atom. The van der Waals surface area contributed by atoms with Crippen molar-refractivity contribution in [2.24, 2.45) is 0 Å². The monoisotopic (exact) mass is 344 g/mol. The molecule has 0 spiro atoms. The highest BCUT2D eigenvalue weighted by Crippen LogP contribution is 2.33. The van der Waals surface area contributed by atoms with Gasteiger partial charge in [-0.25, -0.2) is 4.68 Å². The molecule has 2 aliphatic rings. The molecule has 2 aliphatic heterocycles. The molecular formula is C18H21FN4O2. The minimum atomic E-state index is -0.645. The van der Waals surface area contributed by atoms with Gasteiger partial charge < -0.3 is 5.32 Å². The van der Waals surface area contributed by atoms with E-state index in [-0.39, 0.29) is 12.3 Å². The summed E-state index contributed by atoms with van der Waals surface area (Å²) in [7, 11) is 0. The van der Waals surface area contributed by atoms with Crippen molar-refractivity contribution < 1.29 is 14.0 Å². The summed E-state index contributed by atoms with van der Waals surface area (Å²) in [5.74, 6) is -0.845. The third kappa shape index (κ3) is 2.82. The molecule has 6 nitrogen and oxygen atoms in total. The molecule has 1 atom stereocenters. The number of carbonyl (C=O) groups excluding carboxylic acids is 2. The summed E-state index contributed by atoms with van der Waals surface area (Å²) >= 11 is 0. The summed E-state index contributed by atoms with van der Waals surface area (Å²) in [6.45, 7) is 3.97. The van der Waals surface area contributed by atoms with E-state index in [9.17, 15) is 14.0 Å². The highest BCUT2D eigenvalue weighted by atomic mass is 19.1. The summed E-state index contributed by atoms with van der Waals surface area (Å²) in [4.78, 5) is 23.5. The van der Waals surface area contributed by atoms with Crippen molar-refractivity contribution in [2.75, 3.05) is 13.1 Å². The minimum absolute atomic E-state index is 0.242. The van der Waals surface area contributed by atoms with Crippen LogP contribution in [0.1, 0.15) is 48.8 Å². The second kappa shape index (κ2) is 6.22. The van der Waals surface area contributed by atoms with Gasteiger partial charge in [-0.05, 0) is 68.5 Å². The topological polar surface area (TPSA) is 76.0 Å². The van der Waals surface area contributed by atoms with Gasteiger partial charge in [0.2, 0.25) is 11.9 Å². The molecule has 0 saturated carbocycles. The van der Waals surface area contributed by atoms with Crippen LogP contribution in [0.4, 0.5) is 4.39 Å². The second-order valence-corrected chi connectivity index (χ2v) is 6.95. The number of benzene rings is 1. The predicted molar refractivity (Wildman–Crippen MR) is 90.7 cm³/mol. The number of halogens is 1.